The fraction of sp³-hybridized carbons (Fsp3) is 0.667. The molecule has 0 radical (unpaired) electrons. The third kappa shape index (κ3) is 2.77. The minimum atomic E-state index is -0.646. The van der Waals surface area contributed by atoms with Crippen LogP contribution in [0.25, 0.3) is 0 Å². The largest absolute Gasteiger partial charge is 0.391 e. The first-order valence-corrected chi connectivity index (χ1v) is 2.65. The van der Waals surface area contributed by atoms with E-state index >= 15 is 0 Å². The molecule has 0 aliphatic heterocycles. The Balaban J connectivity index is 3.30. The van der Waals surface area contributed by atoms with E-state index in [4.69, 9.17) is 10.2 Å². The molecule has 0 bridgehead atoms. The Kier molecular flexibility index (Phi) is 3.48. The number of hydrogen-bond acceptors (Lipinski definition) is 2. The van der Waals surface area contributed by atoms with Crippen LogP contribution in [0.1, 0.15) is 13.3 Å². The van der Waals surface area contributed by atoms with Crippen LogP contribution in [0.3, 0.4) is 0 Å². The zero-order valence-corrected chi connectivity index (χ0v) is 5.04. The molecule has 2 N–H and O–H groups in total. The van der Waals surface area contributed by atoms with E-state index in [1.165, 1.54) is 0 Å². The van der Waals surface area contributed by atoms with Crippen LogP contribution in [-0.2, 0) is 0 Å². The van der Waals surface area contributed by atoms with E-state index in [2.05, 4.69) is 6.58 Å². The molecule has 48 valence electrons. The zero-order valence-electron chi connectivity index (χ0n) is 5.04. The molecule has 0 amide bonds. The summed E-state index contributed by atoms with van der Waals surface area (Å²) in [6, 6.07) is 0. The van der Waals surface area contributed by atoms with Gasteiger partial charge in [-0.1, -0.05) is 6.08 Å². The first-order valence-electron chi connectivity index (χ1n) is 2.65. The van der Waals surface area contributed by atoms with E-state index in [0.717, 1.165) is 0 Å². The van der Waals surface area contributed by atoms with Gasteiger partial charge in [0.15, 0.2) is 0 Å². The standard InChI is InChI=1S/C6H12O2/c1-3-4-6(8)5(2)7/h3,5-8H,1,4H2,2H3/t5-,6?/m0/s1. The lowest BCUT2D eigenvalue weighted by atomic mass is 10.2. The minimum Gasteiger partial charge on any atom is -0.391 e. The van der Waals surface area contributed by atoms with Crippen molar-refractivity contribution in [1.82, 2.24) is 0 Å². The molecule has 0 saturated heterocycles. The highest BCUT2D eigenvalue weighted by Gasteiger charge is 2.06. The molecule has 0 spiro atoms. The second-order valence-electron chi connectivity index (χ2n) is 1.83. The number of hydrogen-bond donors (Lipinski definition) is 2. The maximum absolute atomic E-state index is 8.81. The van der Waals surface area contributed by atoms with Crippen molar-refractivity contribution in [2.24, 2.45) is 0 Å². The van der Waals surface area contributed by atoms with Crippen molar-refractivity contribution in [2.75, 3.05) is 0 Å². The summed E-state index contributed by atoms with van der Waals surface area (Å²) >= 11 is 0. The third-order valence-corrected chi connectivity index (χ3v) is 0.965. The third-order valence-electron chi connectivity index (χ3n) is 0.965. The van der Waals surface area contributed by atoms with Crippen molar-refractivity contribution in [3.8, 4) is 0 Å². The van der Waals surface area contributed by atoms with Crippen molar-refractivity contribution < 1.29 is 10.2 Å². The molecule has 2 heteroatoms. The predicted molar refractivity (Wildman–Crippen MR) is 32.5 cm³/mol. The molecule has 0 fully saturated rings. The van der Waals surface area contributed by atoms with E-state index < -0.39 is 12.2 Å². The van der Waals surface area contributed by atoms with Crippen LogP contribution in [0.4, 0.5) is 0 Å². The summed E-state index contributed by atoms with van der Waals surface area (Å²) in [6.07, 6.45) is 0.746. The lowest BCUT2D eigenvalue weighted by molar-refractivity contribution is 0.0337. The summed E-state index contributed by atoms with van der Waals surface area (Å²) in [7, 11) is 0. The van der Waals surface area contributed by atoms with Gasteiger partial charge in [0.05, 0.1) is 12.2 Å². The second kappa shape index (κ2) is 3.64. The lowest BCUT2D eigenvalue weighted by Crippen LogP contribution is -2.21. The first kappa shape index (κ1) is 7.66. The van der Waals surface area contributed by atoms with Gasteiger partial charge in [-0.3, -0.25) is 0 Å². The van der Waals surface area contributed by atoms with Crippen LogP contribution in [-0.4, -0.2) is 22.4 Å². The number of rotatable bonds is 3. The van der Waals surface area contributed by atoms with Crippen LogP contribution >= 0.6 is 0 Å². The SMILES string of the molecule is C=CCC(O)[C@H](C)O. The quantitative estimate of drug-likeness (QED) is 0.521. The van der Waals surface area contributed by atoms with Crippen LogP contribution in [0.5, 0.6) is 0 Å². The average Bonchev–Trinajstić information content (AvgIpc) is 1.67. The molecule has 0 aromatic carbocycles. The molecular formula is C6H12O2. The summed E-state index contributed by atoms with van der Waals surface area (Å²) in [5.74, 6) is 0. The molecule has 0 aliphatic carbocycles. The monoisotopic (exact) mass is 116 g/mol. The molecule has 0 rings (SSSR count). The molecule has 2 atom stereocenters. The van der Waals surface area contributed by atoms with Crippen molar-refractivity contribution in [3.63, 3.8) is 0 Å². The van der Waals surface area contributed by atoms with Crippen LogP contribution < -0.4 is 0 Å². The van der Waals surface area contributed by atoms with Gasteiger partial charge in [0.25, 0.3) is 0 Å². The van der Waals surface area contributed by atoms with Gasteiger partial charge in [0.2, 0.25) is 0 Å². The molecular weight excluding hydrogens is 104 g/mol. The van der Waals surface area contributed by atoms with Crippen molar-refractivity contribution >= 4 is 0 Å². The lowest BCUT2D eigenvalue weighted by Gasteiger charge is -2.09. The normalized spacial score (nSPS) is 17.4. The van der Waals surface area contributed by atoms with Crippen LogP contribution in [0, 0.1) is 0 Å². The minimum absolute atomic E-state index is 0.456. The van der Waals surface area contributed by atoms with Crippen molar-refractivity contribution in [3.05, 3.63) is 12.7 Å². The van der Waals surface area contributed by atoms with Gasteiger partial charge in [0, 0.05) is 0 Å². The van der Waals surface area contributed by atoms with Crippen LogP contribution in [0.15, 0.2) is 12.7 Å². The number of aliphatic hydroxyl groups excluding tert-OH is 2. The molecule has 2 nitrogen and oxygen atoms in total. The Morgan fingerprint density at radius 3 is 2.25 bits per heavy atom. The van der Waals surface area contributed by atoms with Crippen LogP contribution in [0.2, 0.25) is 0 Å². The van der Waals surface area contributed by atoms with Gasteiger partial charge in [-0.25, -0.2) is 0 Å². The highest BCUT2D eigenvalue weighted by Crippen LogP contribution is 1.96. The summed E-state index contributed by atoms with van der Waals surface area (Å²) in [5.41, 5.74) is 0. The molecule has 8 heavy (non-hydrogen) atoms. The van der Waals surface area contributed by atoms with Gasteiger partial charge in [-0.15, -0.1) is 6.58 Å². The highest BCUT2D eigenvalue weighted by atomic mass is 16.3. The van der Waals surface area contributed by atoms with E-state index in [-0.39, 0.29) is 0 Å². The molecule has 0 saturated carbocycles. The maximum atomic E-state index is 8.81. The highest BCUT2D eigenvalue weighted by molar-refractivity contribution is 4.74. The Morgan fingerprint density at radius 1 is 1.62 bits per heavy atom. The van der Waals surface area contributed by atoms with Gasteiger partial charge < -0.3 is 10.2 Å². The Hall–Kier alpha value is -0.340. The smallest absolute Gasteiger partial charge is 0.0830 e. The fourth-order valence-corrected chi connectivity index (χ4v) is 0.368. The van der Waals surface area contributed by atoms with Gasteiger partial charge in [-0.2, -0.15) is 0 Å². The molecule has 0 aliphatic rings. The van der Waals surface area contributed by atoms with Crippen molar-refractivity contribution in [2.45, 2.75) is 25.6 Å². The predicted octanol–water partition coefficient (Wildman–Crippen LogP) is 0.304. The Labute approximate surface area is 49.5 Å². The topological polar surface area (TPSA) is 40.5 Å². The van der Waals surface area contributed by atoms with E-state index in [1.807, 2.05) is 0 Å². The summed E-state index contributed by atoms with van der Waals surface area (Å²) in [5, 5.41) is 17.5. The summed E-state index contributed by atoms with van der Waals surface area (Å²) < 4.78 is 0. The molecule has 0 heterocycles. The second-order valence-corrected chi connectivity index (χ2v) is 1.83. The van der Waals surface area contributed by atoms with E-state index in [0.29, 0.717) is 6.42 Å². The maximum Gasteiger partial charge on any atom is 0.0830 e. The Bertz CT molecular complexity index is 68.9. The fourth-order valence-electron chi connectivity index (χ4n) is 0.368. The van der Waals surface area contributed by atoms with E-state index in [9.17, 15) is 0 Å². The molecule has 1 unspecified atom stereocenters. The van der Waals surface area contributed by atoms with Gasteiger partial charge in [0.1, 0.15) is 0 Å². The van der Waals surface area contributed by atoms with E-state index in [1.54, 1.807) is 13.0 Å². The van der Waals surface area contributed by atoms with Gasteiger partial charge >= 0.3 is 0 Å². The van der Waals surface area contributed by atoms with Crippen molar-refractivity contribution in [1.29, 1.82) is 0 Å². The average molecular weight is 116 g/mol. The summed E-state index contributed by atoms with van der Waals surface area (Å²) in [6.45, 7) is 4.96. The Morgan fingerprint density at radius 2 is 2.12 bits per heavy atom. The zero-order chi connectivity index (χ0) is 6.57. The molecule has 0 aromatic heterocycles. The first-order chi connectivity index (χ1) is 3.68. The molecule has 0 aromatic rings. The van der Waals surface area contributed by atoms with Gasteiger partial charge in [-0.05, 0) is 13.3 Å². The number of aliphatic hydroxyl groups is 2. The summed E-state index contributed by atoms with van der Waals surface area (Å²) in [4.78, 5) is 0.